The highest BCUT2D eigenvalue weighted by Gasteiger charge is 2.26. The van der Waals surface area contributed by atoms with E-state index in [0.29, 0.717) is 0 Å². The second-order valence-corrected chi connectivity index (χ2v) is 3.69. The first kappa shape index (κ1) is 10.4. The van der Waals surface area contributed by atoms with E-state index in [1.54, 1.807) is 0 Å². The van der Waals surface area contributed by atoms with Crippen molar-refractivity contribution in [2.75, 3.05) is 0 Å². The largest absolute Gasteiger partial charge is 0.478 e. The lowest BCUT2D eigenvalue weighted by molar-refractivity contribution is -0.136. The Morgan fingerprint density at radius 3 is 1.56 bits per heavy atom. The van der Waals surface area contributed by atoms with Gasteiger partial charge in [-0.25, -0.2) is 9.59 Å². The molecule has 0 atom stereocenters. The third-order valence-electron chi connectivity index (χ3n) is 2.73. The smallest absolute Gasteiger partial charge is 0.332 e. The van der Waals surface area contributed by atoms with E-state index in [1.807, 2.05) is 24.3 Å². The zero-order valence-corrected chi connectivity index (χ0v) is 8.43. The molecule has 1 aliphatic carbocycles. The van der Waals surface area contributed by atoms with Gasteiger partial charge in [-0.2, -0.15) is 0 Å². The first-order chi connectivity index (χ1) is 7.59. The minimum Gasteiger partial charge on any atom is -0.478 e. The van der Waals surface area contributed by atoms with Crippen LogP contribution in [0.2, 0.25) is 0 Å². The molecule has 0 amide bonds. The van der Waals surface area contributed by atoms with Gasteiger partial charge in [-0.15, -0.1) is 0 Å². The molecule has 0 fully saturated rings. The maximum atomic E-state index is 11.0. The highest BCUT2D eigenvalue weighted by Crippen LogP contribution is 2.26. The topological polar surface area (TPSA) is 74.6 Å². The number of carboxylic acid groups (broad SMARTS) is 2. The van der Waals surface area contributed by atoms with Crippen LogP contribution in [0.15, 0.2) is 35.4 Å². The van der Waals surface area contributed by atoms with E-state index in [-0.39, 0.29) is 24.0 Å². The van der Waals surface area contributed by atoms with Gasteiger partial charge < -0.3 is 10.2 Å². The van der Waals surface area contributed by atoms with E-state index >= 15 is 0 Å². The van der Waals surface area contributed by atoms with E-state index in [0.717, 1.165) is 11.1 Å². The van der Waals surface area contributed by atoms with Crippen LogP contribution in [0.25, 0.3) is 0 Å². The van der Waals surface area contributed by atoms with E-state index in [1.165, 1.54) is 0 Å². The molecule has 2 N–H and O–H groups in total. The van der Waals surface area contributed by atoms with Gasteiger partial charge in [0.2, 0.25) is 0 Å². The average Bonchev–Trinajstić information content (AvgIpc) is 2.27. The molecule has 2 rings (SSSR count). The van der Waals surface area contributed by atoms with Crippen molar-refractivity contribution < 1.29 is 19.8 Å². The molecule has 1 aromatic carbocycles. The molecular formula is C12H10O4. The van der Waals surface area contributed by atoms with Crippen molar-refractivity contribution in [1.29, 1.82) is 0 Å². The van der Waals surface area contributed by atoms with Crippen LogP contribution >= 0.6 is 0 Å². The monoisotopic (exact) mass is 218 g/mol. The third kappa shape index (κ3) is 1.69. The fourth-order valence-electron chi connectivity index (χ4n) is 1.91. The molecule has 16 heavy (non-hydrogen) atoms. The van der Waals surface area contributed by atoms with Crippen LogP contribution in [0.3, 0.4) is 0 Å². The molecule has 82 valence electrons. The summed E-state index contributed by atoms with van der Waals surface area (Å²) in [5.41, 5.74) is 1.77. The molecule has 4 nitrogen and oxygen atoms in total. The number of hydrogen-bond acceptors (Lipinski definition) is 2. The highest BCUT2D eigenvalue weighted by molar-refractivity contribution is 6.00. The molecule has 0 bridgehead atoms. The molecule has 0 radical (unpaired) electrons. The highest BCUT2D eigenvalue weighted by atomic mass is 16.4. The van der Waals surface area contributed by atoms with E-state index in [9.17, 15) is 9.59 Å². The van der Waals surface area contributed by atoms with Gasteiger partial charge in [0.15, 0.2) is 0 Å². The summed E-state index contributed by atoms with van der Waals surface area (Å²) in [5.74, 6) is -2.29. The molecule has 0 aromatic heterocycles. The van der Waals surface area contributed by atoms with Crippen molar-refractivity contribution in [2.24, 2.45) is 0 Å². The minimum atomic E-state index is -1.15. The van der Waals surface area contributed by atoms with Gasteiger partial charge in [-0.3, -0.25) is 0 Å². The summed E-state index contributed by atoms with van der Waals surface area (Å²) in [5, 5.41) is 17.9. The average molecular weight is 218 g/mol. The standard InChI is InChI=1S/C12H10O4/c13-11(14)9-5-7-3-1-2-4-8(7)6-10(9)12(15)16/h1-4H,5-6H2,(H,13,14)(H,15,16). The second kappa shape index (κ2) is 3.81. The molecule has 1 aromatic rings. The van der Waals surface area contributed by atoms with Crippen LogP contribution < -0.4 is 0 Å². The zero-order valence-electron chi connectivity index (χ0n) is 8.43. The summed E-state index contributed by atoms with van der Waals surface area (Å²) in [6.07, 6.45) is 0.375. The molecule has 0 unspecified atom stereocenters. The van der Waals surface area contributed by atoms with Crippen LogP contribution in [0.1, 0.15) is 11.1 Å². The maximum absolute atomic E-state index is 11.0. The number of carbonyl (C=O) groups is 2. The van der Waals surface area contributed by atoms with Crippen molar-refractivity contribution in [3.63, 3.8) is 0 Å². The fraction of sp³-hybridized carbons (Fsp3) is 0.167. The fourth-order valence-corrected chi connectivity index (χ4v) is 1.91. The number of fused-ring (bicyclic) bond motifs is 1. The van der Waals surface area contributed by atoms with Crippen LogP contribution in [0.4, 0.5) is 0 Å². The molecule has 1 aliphatic rings. The van der Waals surface area contributed by atoms with Crippen molar-refractivity contribution >= 4 is 11.9 Å². The Morgan fingerprint density at radius 2 is 1.25 bits per heavy atom. The lowest BCUT2D eigenvalue weighted by atomic mass is 9.86. The van der Waals surface area contributed by atoms with Crippen LogP contribution in [-0.4, -0.2) is 22.2 Å². The normalized spacial score (nSPS) is 14.5. The maximum Gasteiger partial charge on any atom is 0.332 e. The van der Waals surface area contributed by atoms with Crippen molar-refractivity contribution in [2.45, 2.75) is 12.8 Å². The number of carboxylic acids is 2. The Bertz CT molecular complexity index is 454. The quantitative estimate of drug-likeness (QED) is 0.783. The van der Waals surface area contributed by atoms with Gasteiger partial charge in [0, 0.05) is 12.8 Å². The molecule has 0 saturated carbocycles. The Kier molecular flexibility index (Phi) is 2.48. The first-order valence-electron chi connectivity index (χ1n) is 4.85. The lowest BCUT2D eigenvalue weighted by Gasteiger charge is -2.18. The number of hydrogen-bond donors (Lipinski definition) is 2. The molecule has 0 saturated heterocycles. The Morgan fingerprint density at radius 1 is 0.875 bits per heavy atom. The molecular weight excluding hydrogens is 208 g/mol. The van der Waals surface area contributed by atoms with Gasteiger partial charge in [-0.05, 0) is 11.1 Å². The van der Waals surface area contributed by atoms with Crippen molar-refractivity contribution in [3.05, 3.63) is 46.5 Å². The van der Waals surface area contributed by atoms with Gasteiger partial charge >= 0.3 is 11.9 Å². The predicted octanol–water partition coefficient (Wildman–Crippen LogP) is 1.25. The third-order valence-corrected chi connectivity index (χ3v) is 2.73. The Labute approximate surface area is 91.8 Å². The Balaban J connectivity index is 2.49. The summed E-state index contributed by atoms with van der Waals surface area (Å²) in [7, 11) is 0. The summed E-state index contributed by atoms with van der Waals surface area (Å²) in [6.45, 7) is 0. The van der Waals surface area contributed by atoms with Crippen LogP contribution in [-0.2, 0) is 22.4 Å². The van der Waals surface area contributed by atoms with E-state index in [2.05, 4.69) is 0 Å². The SMILES string of the molecule is O=C(O)C1=C(C(=O)O)Cc2ccccc2C1. The van der Waals surface area contributed by atoms with Crippen molar-refractivity contribution in [1.82, 2.24) is 0 Å². The second-order valence-electron chi connectivity index (χ2n) is 3.69. The summed E-state index contributed by atoms with van der Waals surface area (Å²) in [4.78, 5) is 21.9. The number of aliphatic carboxylic acids is 2. The van der Waals surface area contributed by atoms with E-state index < -0.39 is 11.9 Å². The minimum absolute atomic E-state index is 0.00815. The van der Waals surface area contributed by atoms with E-state index in [4.69, 9.17) is 10.2 Å². The number of rotatable bonds is 2. The van der Waals surface area contributed by atoms with Crippen LogP contribution in [0.5, 0.6) is 0 Å². The van der Waals surface area contributed by atoms with Gasteiger partial charge in [0.05, 0.1) is 11.1 Å². The molecule has 0 spiro atoms. The zero-order chi connectivity index (χ0) is 11.7. The summed E-state index contributed by atoms with van der Waals surface area (Å²) < 4.78 is 0. The summed E-state index contributed by atoms with van der Waals surface area (Å²) >= 11 is 0. The van der Waals surface area contributed by atoms with Gasteiger partial charge in [0.25, 0.3) is 0 Å². The molecule has 0 heterocycles. The lowest BCUT2D eigenvalue weighted by Crippen LogP contribution is -2.20. The molecule has 0 aliphatic heterocycles. The predicted molar refractivity (Wildman–Crippen MR) is 56.1 cm³/mol. The Hall–Kier alpha value is -2.10. The molecule has 4 heteroatoms. The first-order valence-corrected chi connectivity index (χ1v) is 4.85. The van der Waals surface area contributed by atoms with Crippen molar-refractivity contribution in [3.8, 4) is 0 Å². The van der Waals surface area contributed by atoms with Gasteiger partial charge in [0.1, 0.15) is 0 Å². The number of benzene rings is 1. The van der Waals surface area contributed by atoms with Gasteiger partial charge in [-0.1, -0.05) is 24.3 Å². The summed E-state index contributed by atoms with van der Waals surface area (Å²) in [6, 6.07) is 7.31. The van der Waals surface area contributed by atoms with Crippen LogP contribution in [0, 0.1) is 0 Å².